The highest BCUT2D eigenvalue weighted by molar-refractivity contribution is 5.97. The van der Waals surface area contributed by atoms with E-state index in [0.717, 1.165) is 49.5 Å². The van der Waals surface area contributed by atoms with Crippen molar-refractivity contribution in [3.63, 3.8) is 0 Å². The van der Waals surface area contributed by atoms with Crippen LogP contribution in [0.2, 0.25) is 0 Å². The number of benzene rings is 2. The van der Waals surface area contributed by atoms with Crippen molar-refractivity contribution in [2.45, 2.75) is 25.4 Å². The van der Waals surface area contributed by atoms with Crippen LogP contribution in [0.15, 0.2) is 83.5 Å². The monoisotopic (exact) mass is 439 g/mol. The topological polar surface area (TPSA) is 41.6 Å². The lowest BCUT2D eigenvalue weighted by Gasteiger charge is -2.39. The van der Waals surface area contributed by atoms with Crippen molar-refractivity contribution >= 4 is 17.0 Å². The Kier molecular flexibility index (Phi) is 5.27. The number of rotatable bonds is 6. The Morgan fingerprint density at radius 1 is 0.879 bits per heavy atom. The van der Waals surface area contributed by atoms with Gasteiger partial charge in [0.2, 0.25) is 0 Å². The lowest BCUT2D eigenvalue weighted by molar-refractivity contribution is 0.0587. The Balaban J connectivity index is 1.22. The summed E-state index contributed by atoms with van der Waals surface area (Å²) in [6.07, 6.45) is 4.22. The van der Waals surface area contributed by atoms with Crippen LogP contribution >= 0.6 is 0 Å². The molecule has 0 N–H and O–H groups in total. The van der Waals surface area contributed by atoms with Crippen molar-refractivity contribution in [1.82, 2.24) is 14.4 Å². The van der Waals surface area contributed by atoms with Crippen LogP contribution in [0.4, 0.5) is 0 Å². The lowest BCUT2D eigenvalue weighted by atomic mass is 9.96. The van der Waals surface area contributed by atoms with Crippen molar-refractivity contribution in [1.29, 1.82) is 0 Å². The average molecular weight is 440 g/mol. The van der Waals surface area contributed by atoms with Crippen molar-refractivity contribution in [2.75, 3.05) is 26.2 Å². The fourth-order valence-corrected chi connectivity index (χ4v) is 5.14. The second-order valence-electron chi connectivity index (χ2n) is 9.31. The van der Waals surface area contributed by atoms with Gasteiger partial charge in [0.25, 0.3) is 5.91 Å². The summed E-state index contributed by atoms with van der Waals surface area (Å²) in [6.45, 7) is 4.06. The molecule has 1 saturated heterocycles. The van der Waals surface area contributed by atoms with Crippen LogP contribution in [0.3, 0.4) is 0 Å². The standard InChI is InChI=1S/C28H29N3O2/c32-28(25-19-26-24(13-18-33-26)31(25)20-21-11-12-21)30-16-14-29(15-17-30)27(22-7-3-1-4-8-22)23-9-5-2-6-10-23/h1-10,13,18-19,21,27H,11-12,14-17,20H2. The number of fused-ring (bicyclic) bond motifs is 1. The van der Waals surface area contributed by atoms with Crippen molar-refractivity contribution in [3.8, 4) is 0 Å². The van der Waals surface area contributed by atoms with Gasteiger partial charge in [-0.2, -0.15) is 0 Å². The number of aromatic nitrogens is 1. The van der Waals surface area contributed by atoms with Gasteiger partial charge in [-0.05, 0) is 29.9 Å². The van der Waals surface area contributed by atoms with Crippen molar-refractivity contribution < 1.29 is 9.21 Å². The zero-order valence-electron chi connectivity index (χ0n) is 18.8. The second kappa shape index (κ2) is 8.56. The molecule has 2 aliphatic rings. The summed E-state index contributed by atoms with van der Waals surface area (Å²) in [5, 5.41) is 0. The molecule has 2 aromatic heterocycles. The minimum absolute atomic E-state index is 0.123. The predicted molar refractivity (Wildman–Crippen MR) is 129 cm³/mol. The van der Waals surface area contributed by atoms with Crippen LogP contribution in [0.5, 0.6) is 0 Å². The highest BCUT2D eigenvalue weighted by Gasteiger charge is 2.31. The number of carbonyl (C=O) groups is 1. The zero-order valence-corrected chi connectivity index (χ0v) is 18.8. The van der Waals surface area contributed by atoms with E-state index < -0.39 is 0 Å². The number of piperazine rings is 1. The van der Waals surface area contributed by atoms with E-state index in [-0.39, 0.29) is 11.9 Å². The molecule has 0 unspecified atom stereocenters. The Labute approximate surface area is 194 Å². The fourth-order valence-electron chi connectivity index (χ4n) is 5.14. The van der Waals surface area contributed by atoms with E-state index in [1.54, 1.807) is 6.26 Å². The minimum Gasteiger partial charge on any atom is -0.463 e. The molecule has 1 amide bonds. The van der Waals surface area contributed by atoms with Gasteiger partial charge in [0, 0.05) is 44.9 Å². The fraction of sp³-hybridized carbons (Fsp3) is 0.321. The van der Waals surface area contributed by atoms with Crippen molar-refractivity contribution in [2.24, 2.45) is 5.92 Å². The van der Waals surface area contributed by atoms with Gasteiger partial charge in [-0.3, -0.25) is 9.69 Å². The lowest BCUT2D eigenvalue weighted by Crippen LogP contribution is -2.50. The summed E-state index contributed by atoms with van der Waals surface area (Å²) in [6, 6.07) is 25.5. The van der Waals surface area contributed by atoms with Crippen LogP contribution in [0.25, 0.3) is 11.1 Å². The molecule has 3 heterocycles. The normalized spacial score (nSPS) is 17.2. The minimum atomic E-state index is 0.123. The molecule has 6 rings (SSSR count). The molecule has 1 aliphatic heterocycles. The molecule has 1 aliphatic carbocycles. The highest BCUT2D eigenvalue weighted by Crippen LogP contribution is 2.34. The quantitative estimate of drug-likeness (QED) is 0.415. The van der Waals surface area contributed by atoms with Crippen LogP contribution in [0, 0.1) is 5.92 Å². The van der Waals surface area contributed by atoms with Gasteiger partial charge in [0.05, 0.1) is 17.8 Å². The SMILES string of the molecule is O=C(c1cc2occc2n1CC1CC1)N1CCN(C(c2ccccc2)c2ccccc2)CC1. The molecule has 0 radical (unpaired) electrons. The molecule has 2 fully saturated rings. The first kappa shape index (κ1) is 20.3. The third kappa shape index (κ3) is 3.98. The maximum atomic E-state index is 13.6. The van der Waals surface area contributed by atoms with Crippen molar-refractivity contribution in [3.05, 3.63) is 95.9 Å². The number of amides is 1. The number of furan rings is 1. The van der Waals surface area contributed by atoms with Gasteiger partial charge in [0.15, 0.2) is 5.58 Å². The summed E-state index contributed by atoms with van der Waals surface area (Å²) < 4.78 is 7.81. The van der Waals surface area contributed by atoms with Crippen LogP contribution in [-0.2, 0) is 6.54 Å². The summed E-state index contributed by atoms with van der Waals surface area (Å²) in [5.41, 5.74) is 5.21. The highest BCUT2D eigenvalue weighted by atomic mass is 16.3. The molecule has 0 bridgehead atoms. The largest absolute Gasteiger partial charge is 0.463 e. The Bertz CT molecular complexity index is 1190. The first-order valence-electron chi connectivity index (χ1n) is 12.0. The van der Waals surface area contributed by atoms with E-state index in [4.69, 9.17) is 4.42 Å². The van der Waals surface area contributed by atoms with E-state index in [0.29, 0.717) is 5.92 Å². The maximum absolute atomic E-state index is 13.6. The molecule has 1 saturated carbocycles. The number of hydrogen-bond donors (Lipinski definition) is 0. The molecular formula is C28H29N3O2. The molecule has 0 spiro atoms. The Morgan fingerprint density at radius 2 is 1.52 bits per heavy atom. The Morgan fingerprint density at radius 3 is 2.12 bits per heavy atom. The number of hydrogen-bond acceptors (Lipinski definition) is 3. The molecule has 5 nitrogen and oxygen atoms in total. The third-order valence-electron chi connectivity index (χ3n) is 7.08. The van der Waals surface area contributed by atoms with E-state index in [1.165, 1.54) is 24.0 Å². The van der Waals surface area contributed by atoms with E-state index in [2.05, 4.69) is 70.1 Å². The number of nitrogens with zero attached hydrogens (tertiary/aromatic N) is 3. The van der Waals surface area contributed by atoms with E-state index in [9.17, 15) is 4.79 Å². The van der Waals surface area contributed by atoms with Crippen LogP contribution in [0.1, 0.15) is 40.5 Å². The van der Waals surface area contributed by atoms with Gasteiger partial charge in [-0.1, -0.05) is 60.7 Å². The second-order valence-corrected chi connectivity index (χ2v) is 9.31. The Hall–Kier alpha value is -3.31. The third-order valence-corrected chi connectivity index (χ3v) is 7.08. The van der Waals surface area contributed by atoms with Crippen LogP contribution < -0.4 is 0 Å². The zero-order chi connectivity index (χ0) is 22.2. The smallest absolute Gasteiger partial charge is 0.270 e. The molecule has 0 atom stereocenters. The summed E-state index contributed by atoms with van der Waals surface area (Å²) in [7, 11) is 0. The van der Waals surface area contributed by atoms with Gasteiger partial charge < -0.3 is 13.9 Å². The van der Waals surface area contributed by atoms with Crippen LogP contribution in [-0.4, -0.2) is 46.5 Å². The number of carbonyl (C=O) groups excluding carboxylic acids is 1. The molecule has 33 heavy (non-hydrogen) atoms. The average Bonchev–Trinajstić information content (AvgIpc) is 3.46. The van der Waals surface area contributed by atoms with E-state index >= 15 is 0 Å². The first-order valence-corrected chi connectivity index (χ1v) is 12.0. The molecule has 168 valence electrons. The predicted octanol–water partition coefficient (Wildman–Crippen LogP) is 5.19. The summed E-state index contributed by atoms with van der Waals surface area (Å²) in [4.78, 5) is 18.1. The first-order chi connectivity index (χ1) is 16.3. The molecular weight excluding hydrogens is 410 g/mol. The van der Waals surface area contributed by atoms with Gasteiger partial charge in [-0.15, -0.1) is 0 Å². The van der Waals surface area contributed by atoms with E-state index in [1.807, 2.05) is 17.0 Å². The van der Waals surface area contributed by atoms with Gasteiger partial charge in [-0.25, -0.2) is 0 Å². The maximum Gasteiger partial charge on any atom is 0.270 e. The molecule has 5 heteroatoms. The summed E-state index contributed by atoms with van der Waals surface area (Å²) >= 11 is 0. The molecule has 2 aromatic carbocycles. The van der Waals surface area contributed by atoms with Gasteiger partial charge in [0.1, 0.15) is 5.69 Å². The van der Waals surface area contributed by atoms with Gasteiger partial charge >= 0.3 is 0 Å². The molecule has 4 aromatic rings. The summed E-state index contributed by atoms with van der Waals surface area (Å²) in [5.74, 6) is 0.814.